The second-order valence-corrected chi connectivity index (χ2v) is 5.17. The van der Waals surface area contributed by atoms with Crippen molar-refractivity contribution >= 4 is 5.78 Å². The van der Waals surface area contributed by atoms with Crippen LogP contribution in [0.1, 0.15) is 32.1 Å². The topological polar surface area (TPSA) is 17.1 Å². The van der Waals surface area contributed by atoms with E-state index in [2.05, 4.69) is 30.4 Å². The summed E-state index contributed by atoms with van der Waals surface area (Å²) in [7, 11) is 0. The minimum atomic E-state index is 0.211. The molecule has 1 nitrogen and oxygen atoms in total. The van der Waals surface area contributed by atoms with E-state index in [-0.39, 0.29) is 10.8 Å². The smallest absolute Gasteiger partial charge is 0.156 e. The monoisotopic (exact) mass is 200 g/mol. The fourth-order valence-corrected chi connectivity index (χ4v) is 3.49. The molecular weight excluding hydrogens is 184 g/mol. The van der Waals surface area contributed by atoms with Crippen LogP contribution in [0, 0.1) is 10.8 Å². The Hall–Kier alpha value is -1.11. The Balaban J connectivity index is 2.13. The van der Waals surface area contributed by atoms with E-state index in [9.17, 15) is 4.79 Å². The van der Waals surface area contributed by atoms with Crippen LogP contribution in [-0.4, -0.2) is 5.78 Å². The molecule has 3 aliphatic rings. The molecule has 3 rings (SSSR count). The number of carbonyl (C=O) groups excluding carboxylic acids is 1. The highest BCUT2D eigenvalue weighted by atomic mass is 16.1. The Kier molecular flexibility index (Phi) is 1.79. The molecule has 0 aromatic rings. The highest BCUT2D eigenvalue weighted by molar-refractivity contribution is 5.91. The third kappa shape index (κ3) is 1.12. The zero-order valence-corrected chi connectivity index (χ0v) is 8.91. The van der Waals surface area contributed by atoms with Gasteiger partial charge in [0.05, 0.1) is 0 Å². The first-order valence-electron chi connectivity index (χ1n) is 5.79. The van der Waals surface area contributed by atoms with Crippen LogP contribution in [0.2, 0.25) is 0 Å². The summed E-state index contributed by atoms with van der Waals surface area (Å²) < 4.78 is 0. The summed E-state index contributed by atoms with van der Waals surface area (Å²) in [4.78, 5) is 11.6. The number of hydrogen-bond donors (Lipinski definition) is 0. The summed E-state index contributed by atoms with van der Waals surface area (Å²) in [5.74, 6) is 0.316. The predicted molar refractivity (Wildman–Crippen MR) is 60.4 cm³/mol. The summed E-state index contributed by atoms with van der Waals surface area (Å²) in [5.41, 5.74) is 0.465. The quantitative estimate of drug-likeness (QED) is 0.549. The van der Waals surface area contributed by atoms with Gasteiger partial charge in [0.25, 0.3) is 0 Å². The van der Waals surface area contributed by atoms with Gasteiger partial charge in [0.2, 0.25) is 0 Å². The maximum Gasteiger partial charge on any atom is 0.156 e. The molecule has 1 heteroatoms. The van der Waals surface area contributed by atoms with E-state index in [1.54, 1.807) is 0 Å². The number of allylic oxidation sites excluding steroid dienone is 6. The lowest BCUT2D eigenvalue weighted by Crippen LogP contribution is -2.46. The van der Waals surface area contributed by atoms with Gasteiger partial charge in [-0.2, -0.15) is 0 Å². The number of rotatable bonds is 0. The normalized spacial score (nSPS) is 42.5. The van der Waals surface area contributed by atoms with E-state index in [4.69, 9.17) is 0 Å². The number of carbonyl (C=O) groups is 1. The Labute approximate surface area is 90.6 Å². The van der Waals surface area contributed by atoms with Gasteiger partial charge in [-0.1, -0.05) is 30.4 Å². The molecule has 0 heterocycles. The Morgan fingerprint density at radius 3 is 2.20 bits per heavy atom. The van der Waals surface area contributed by atoms with Crippen molar-refractivity contribution in [2.75, 3.05) is 0 Å². The maximum absolute atomic E-state index is 11.6. The fourth-order valence-electron chi connectivity index (χ4n) is 3.49. The fraction of sp³-hybridized carbons (Fsp3) is 0.500. The Morgan fingerprint density at radius 2 is 1.53 bits per heavy atom. The first-order chi connectivity index (χ1) is 7.27. The van der Waals surface area contributed by atoms with Crippen molar-refractivity contribution in [3.05, 3.63) is 36.5 Å². The van der Waals surface area contributed by atoms with E-state index in [0.29, 0.717) is 5.78 Å². The molecule has 0 saturated carbocycles. The molecule has 15 heavy (non-hydrogen) atoms. The van der Waals surface area contributed by atoms with Crippen LogP contribution >= 0.6 is 0 Å². The van der Waals surface area contributed by atoms with Crippen molar-refractivity contribution in [3.63, 3.8) is 0 Å². The van der Waals surface area contributed by atoms with Gasteiger partial charge in [-0.3, -0.25) is 4.79 Å². The van der Waals surface area contributed by atoms with Gasteiger partial charge >= 0.3 is 0 Å². The van der Waals surface area contributed by atoms with E-state index in [1.807, 2.05) is 6.08 Å². The lowest BCUT2D eigenvalue weighted by molar-refractivity contribution is -0.120. The third-order valence-corrected chi connectivity index (χ3v) is 4.47. The first-order valence-corrected chi connectivity index (χ1v) is 5.79. The first kappa shape index (κ1) is 9.14. The van der Waals surface area contributed by atoms with Gasteiger partial charge in [-0.25, -0.2) is 0 Å². The minimum absolute atomic E-state index is 0.211. The van der Waals surface area contributed by atoms with Gasteiger partial charge in [-0.15, -0.1) is 0 Å². The van der Waals surface area contributed by atoms with Crippen LogP contribution in [0.15, 0.2) is 36.5 Å². The molecule has 0 aromatic carbocycles. The van der Waals surface area contributed by atoms with Crippen LogP contribution in [0.3, 0.4) is 0 Å². The van der Waals surface area contributed by atoms with Crippen molar-refractivity contribution in [1.82, 2.24) is 0 Å². The van der Waals surface area contributed by atoms with Crippen molar-refractivity contribution in [1.29, 1.82) is 0 Å². The molecule has 0 bridgehead atoms. The van der Waals surface area contributed by atoms with Gasteiger partial charge < -0.3 is 0 Å². The van der Waals surface area contributed by atoms with Gasteiger partial charge in [0.15, 0.2) is 5.78 Å². The summed E-state index contributed by atoms with van der Waals surface area (Å²) in [6.07, 6.45) is 18.3. The van der Waals surface area contributed by atoms with Crippen LogP contribution in [0.25, 0.3) is 0 Å². The molecule has 0 aliphatic heterocycles. The van der Waals surface area contributed by atoms with Crippen LogP contribution in [0.5, 0.6) is 0 Å². The second-order valence-electron chi connectivity index (χ2n) is 5.17. The molecule has 0 amide bonds. The zero-order valence-electron chi connectivity index (χ0n) is 8.91. The third-order valence-electron chi connectivity index (χ3n) is 4.47. The Bertz CT molecular complexity index is 366. The molecule has 0 aromatic heterocycles. The maximum atomic E-state index is 11.6. The summed E-state index contributed by atoms with van der Waals surface area (Å²) in [5, 5.41) is 0. The van der Waals surface area contributed by atoms with Gasteiger partial charge in [0, 0.05) is 11.8 Å². The molecule has 78 valence electrons. The van der Waals surface area contributed by atoms with Gasteiger partial charge in [-0.05, 0) is 37.2 Å². The predicted octanol–water partition coefficient (Wildman–Crippen LogP) is 3.19. The molecular formula is C14H16O. The van der Waals surface area contributed by atoms with Crippen molar-refractivity contribution in [2.45, 2.75) is 32.1 Å². The molecule has 0 radical (unpaired) electrons. The second kappa shape index (κ2) is 2.94. The molecule has 0 unspecified atom stereocenters. The molecule has 0 saturated heterocycles. The SMILES string of the molecule is O=C1C=CC23CC=CCC2(CC=CC3)C1. The van der Waals surface area contributed by atoms with Crippen molar-refractivity contribution in [2.24, 2.45) is 10.8 Å². The summed E-state index contributed by atoms with van der Waals surface area (Å²) in [6, 6.07) is 0. The molecule has 0 spiro atoms. The number of hydrogen-bond acceptors (Lipinski definition) is 1. The van der Waals surface area contributed by atoms with E-state index < -0.39 is 0 Å². The summed E-state index contributed by atoms with van der Waals surface area (Å²) in [6.45, 7) is 0. The zero-order chi connectivity index (χ0) is 10.4. The molecule has 0 N–H and O–H groups in total. The number of ketones is 1. The Morgan fingerprint density at radius 1 is 0.933 bits per heavy atom. The minimum Gasteiger partial charge on any atom is -0.295 e. The van der Waals surface area contributed by atoms with E-state index in [1.165, 1.54) is 0 Å². The average Bonchev–Trinajstić information content (AvgIpc) is 2.27. The van der Waals surface area contributed by atoms with E-state index >= 15 is 0 Å². The van der Waals surface area contributed by atoms with Crippen LogP contribution < -0.4 is 0 Å². The van der Waals surface area contributed by atoms with Crippen molar-refractivity contribution < 1.29 is 4.79 Å². The van der Waals surface area contributed by atoms with Crippen LogP contribution in [-0.2, 0) is 4.79 Å². The molecule has 0 fully saturated rings. The average molecular weight is 200 g/mol. The van der Waals surface area contributed by atoms with Gasteiger partial charge in [0.1, 0.15) is 0 Å². The van der Waals surface area contributed by atoms with Crippen LogP contribution in [0.4, 0.5) is 0 Å². The highest BCUT2D eigenvalue weighted by Gasteiger charge is 2.52. The largest absolute Gasteiger partial charge is 0.295 e. The van der Waals surface area contributed by atoms with E-state index in [0.717, 1.165) is 32.1 Å². The molecule has 0 atom stereocenters. The highest BCUT2D eigenvalue weighted by Crippen LogP contribution is 2.59. The summed E-state index contributed by atoms with van der Waals surface area (Å²) >= 11 is 0. The standard InChI is InChI=1S/C14H16O/c15-12-5-10-13-6-1-3-8-14(13,11-12)9-4-2-7-13/h1-5,10H,6-9,11H2. The lowest BCUT2D eigenvalue weighted by Gasteiger charge is -2.53. The lowest BCUT2D eigenvalue weighted by atomic mass is 9.50. The van der Waals surface area contributed by atoms with Crippen molar-refractivity contribution in [3.8, 4) is 0 Å². The molecule has 3 aliphatic carbocycles.